The predicted octanol–water partition coefficient (Wildman–Crippen LogP) is 1.64. The van der Waals surface area contributed by atoms with Crippen molar-refractivity contribution in [2.75, 3.05) is 31.1 Å². The van der Waals surface area contributed by atoms with Gasteiger partial charge in [-0.1, -0.05) is 18.2 Å². The van der Waals surface area contributed by atoms with Gasteiger partial charge in [-0.2, -0.15) is 0 Å². The molecule has 19 heavy (non-hydrogen) atoms. The van der Waals surface area contributed by atoms with Gasteiger partial charge in [0.1, 0.15) is 0 Å². The van der Waals surface area contributed by atoms with Crippen LogP contribution in [0, 0.1) is 0 Å². The van der Waals surface area contributed by atoms with Crippen molar-refractivity contribution in [3.05, 3.63) is 48.7 Å². The maximum absolute atomic E-state index is 12.1. The number of amides is 1. The molecule has 0 radical (unpaired) electrons. The molecule has 1 aliphatic rings. The summed E-state index contributed by atoms with van der Waals surface area (Å²) < 4.78 is 5.04. The minimum absolute atomic E-state index is 0.0785. The summed E-state index contributed by atoms with van der Waals surface area (Å²) in [4.78, 5) is 19.9. The molecular formula is C14H15N3O2. The van der Waals surface area contributed by atoms with Gasteiger partial charge in [-0.05, 0) is 12.1 Å². The Morgan fingerprint density at radius 1 is 1.11 bits per heavy atom. The normalized spacial score (nSPS) is 15.6. The zero-order chi connectivity index (χ0) is 13.1. The van der Waals surface area contributed by atoms with Crippen molar-refractivity contribution < 1.29 is 9.21 Å². The highest BCUT2D eigenvalue weighted by Gasteiger charge is 2.23. The molecule has 0 saturated carbocycles. The number of carbonyl (C=O) groups is 1. The molecule has 2 aromatic rings. The van der Waals surface area contributed by atoms with E-state index in [0.717, 1.165) is 13.1 Å². The fourth-order valence-corrected chi connectivity index (χ4v) is 2.28. The second-order valence-electron chi connectivity index (χ2n) is 4.48. The summed E-state index contributed by atoms with van der Waals surface area (Å²) in [6, 6.07) is 10.2. The molecule has 1 aromatic carbocycles. The smallest absolute Gasteiger partial charge is 0.291 e. The second kappa shape index (κ2) is 5.14. The summed E-state index contributed by atoms with van der Waals surface area (Å²) in [5.74, 6) is 0.235. The number of benzene rings is 1. The molecule has 5 heteroatoms. The molecule has 5 nitrogen and oxygen atoms in total. The van der Waals surface area contributed by atoms with Gasteiger partial charge >= 0.3 is 0 Å². The molecule has 1 aromatic heterocycles. The van der Waals surface area contributed by atoms with Gasteiger partial charge in [0.15, 0.2) is 6.39 Å². The van der Waals surface area contributed by atoms with Gasteiger partial charge in [0, 0.05) is 31.9 Å². The quantitative estimate of drug-likeness (QED) is 0.820. The maximum Gasteiger partial charge on any atom is 0.291 e. The van der Waals surface area contributed by atoms with Crippen molar-refractivity contribution >= 4 is 11.6 Å². The first-order valence-electron chi connectivity index (χ1n) is 6.32. The van der Waals surface area contributed by atoms with Crippen LogP contribution in [0.4, 0.5) is 5.69 Å². The molecule has 0 atom stereocenters. The van der Waals surface area contributed by atoms with E-state index in [4.69, 9.17) is 4.42 Å². The van der Waals surface area contributed by atoms with Crippen molar-refractivity contribution in [1.29, 1.82) is 0 Å². The molecular weight excluding hydrogens is 242 g/mol. The van der Waals surface area contributed by atoms with E-state index >= 15 is 0 Å². The Bertz CT molecular complexity index is 531. The van der Waals surface area contributed by atoms with Crippen LogP contribution >= 0.6 is 0 Å². The van der Waals surface area contributed by atoms with Gasteiger partial charge in [0.25, 0.3) is 5.91 Å². The number of rotatable bonds is 2. The molecule has 2 heterocycles. The number of nitrogens with zero attached hydrogens (tertiary/aromatic N) is 3. The highest BCUT2D eigenvalue weighted by atomic mass is 16.3. The average molecular weight is 257 g/mol. The van der Waals surface area contributed by atoms with Gasteiger partial charge < -0.3 is 14.2 Å². The van der Waals surface area contributed by atoms with Crippen molar-refractivity contribution in [3.63, 3.8) is 0 Å². The molecule has 1 fully saturated rings. The first-order valence-corrected chi connectivity index (χ1v) is 6.32. The zero-order valence-corrected chi connectivity index (χ0v) is 10.5. The van der Waals surface area contributed by atoms with Crippen molar-refractivity contribution in [2.24, 2.45) is 0 Å². The fraction of sp³-hybridized carbons (Fsp3) is 0.286. The maximum atomic E-state index is 12.1. The number of para-hydroxylation sites is 1. The number of aromatic nitrogens is 1. The molecule has 0 unspecified atom stereocenters. The molecule has 0 bridgehead atoms. The Kier molecular flexibility index (Phi) is 3.18. The van der Waals surface area contributed by atoms with Crippen LogP contribution in [0.3, 0.4) is 0 Å². The number of oxazole rings is 1. The fourth-order valence-electron chi connectivity index (χ4n) is 2.28. The first kappa shape index (κ1) is 11.8. The monoisotopic (exact) mass is 257 g/mol. The number of hydrogen-bond acceptors (Lipinski definition) is 4. The SMILES string of the molecule is O=C(c1cnco1)N1CCN(c2ccccc2)CC1. The van der Waals surface area contributed by atoms with Crippen LogP contribution in [-0.4, -0.2) is 42.0 Å². The summed E-state index contributed by atoms with van der Waals surface area (Å²) >= 11 is 0. The van der Waals surface area contributed by atoms with E-state index < -0.39 is 0 Å². The number of carbonyl (C=O) groups excluding carboxylic acids is 1. The van der Waals surface area contributed by atoms with Crippen LogP contribution < -0.4 is 4.90 Å². The van der Waals surface area contributed by atoms with Gasteiger partial charge in [0.2, 0.25) is 5.76 Å². The molecule has 98 valence electrons. The lowest BCUT2D eigenvalue weighted by Gasteiger charge is -2.35. The van der Waals surface area contributed by atoms with E-state index in [9.17, 15) is 4.79 Å². The summed E-state index contributed by atoms with van der Waals surface area (Å²) in [6.45, 7) is 3.08. The van der Waals surface area contributed by atoms with Gasteiger partial charge in [-0.25, -0.2) is 4.98 Å². The Hall–Kier alpha value is -2.30. The van der Waals surface area contributed by atoms with Gasteiger partial charge in [-0.15, -0.1) is 0 Å². The molecule has 0 N–H and O–H groups in total. The van der Waals surface area contributed by atoms with E-state index in [-0.39, 0.29) is 5.91 Å². The minimum atomic E-state index is -0.0785. The van der Waals surface area contributed by atoms with E-state index in [0.29, 0.717) is 18.8 Å². The lowest BCUT2D eigenvalue weighted by molar-refractivity contribution is 0.0714. The highest BCUT2D eigenvalue weighted by molar-refractivity contribution is 5.91. The van der Waals surface area contributed by atoms with Crippen molar-refractivity contribution in [3.8, 4) is 0 Å². The van der Waals surface area contributed by atoms with Gasteiger partial charge in [0.05, 0.1) is 6.20 Å². The molecule has 1 amide bonds. The van der Waals surface area contributed by atoms with Crippen LogP contribution in [0.5, 0.6) is 0 Å². The van der Waals surface area contributed by atoms with Crippen LogP contribution in [0.2, 0.25) is 0 Å². The Labute approximate surface area is 111 Å². The van der Waals surface area contributed by atoms with Crippen LogP contribution in [0.15, 0.2) is 47.3 Å². The lowest BCUT2D eigenvalue weighted by Crippen LogP contribution is -2.48. The molecule has 0 spiro atoms. The van der Waals surface area contributed by atoms with Crippen LogP contribution in [0.25, 0.3) is 0 Å². The highest BCUT2D eigenvalue weighted by Crippen LogP contribution is 2.16. The molecule has 0 aliphatic carbocycles. The van der Waals surface area contributed by atoms with E-state index in [1.807, 2.05) is 18.2 Å². The van der Waals surface area contributed by atoms with Gasteiger partial charge in [-0.3, -0.25) is 4.79 Å². The minimum Gasteiger partial charge on any atom is -0.438 e. The number of hydrogen-bond donors (Lipinski definition) is 0. The number of piperazine rings is 1. The van der Waals surface area contributed by atoms with E-state index in [2.05, 4.69) is 22.0 Å². The van der Waals surface area contributed by atoms with E-state index in [1.54, 1.807) is 4.90 Å². The zero-order valence-electron chi connectivity index (χ0n) is 10.5. The Morgan fingerprint density at radius 3 is 2.47 bits per heavy atom. The van der Waals surface area contributed by atoms with Crippen LogP contribution in [0.1, 0.15) is 10.6 Å². The third-order valence-electron chi connectivity index (χ3n) is 3.33. The first-order chi connectivity index (χ1) is 9.34. The number of anilines is 1. The molecule has 3 rings (SSSR count). The van der Waals surface area contributed by atoms with E-state index in [1.165, 1.54) is 18.3 Å². The standard InChI is InChI=1S/C14H15N3O2/c18-14(13-10-15-11-19-13)17-8-6-16(7-9-17)12-4-2-1-3-5-12/h1-5,10-11H,6-9H2. The summed E-state index contributed by atoms with van der Waals surface area (Å²) in [6.07, 6.45) is 2.75. The summed E-state index contributed by atoms with van der Waals surface area (Å²) in [5, 5.41) is 0. The average Bonchev–Trinajstić information content (AvgIpc) is 3.02. The predicted molar refractivity (Wildman–Crippen MR) is 71.1 cm³/mol. The third-order valence-corrected chi connectivity index (χ3v) is 3.33. The molecule has 1 saturated heterocycles. The summed E-state index contributed by atoms with van der Waals surface area (Å²) in [5.41, 5.74) is 1.20. The lowest BCUT2D eigenvalue weighted by atomic mass is 10.2. The molecule has 1 aliphatic heterocycles. The Morgan fingerprint density at radius 2 is 1.84 bits per heavy atom. The third kappa shape index (κ3) is 2.45. The van der Waals surface area contributed by atoms with Crippen LogP contribution in [-0.2, 0) is 0 Å². The topological polar surface area (TPSA) is 49.6 Å². The Balaban J connectivity index is 1.62. The summed E-state index contributed by atoms with van der Waals surface area (Å²) in [7, 11) is 0. The second-order valence-corrected chi connectivity index (χ2v) is 4.48. The largest absolute Gasteiger partial charge is 0.438 e. The van der Waals surface area contributed by atoms with Crippen molar-refractivity contribution in [1.82, 2.24) is 9.88 Å². The van der Waals surface area contributed by atoms with Crippen molar-refractivity contribution in [2.45, 2.75) is 0 Å².